The van der Waals surface area contributed by atoms with E-state index >= 15 is 0 Å². The SMILES string of the molecule is CC(CN)CSCCOC(C)C. The first-order chi connectivity index (χ1) is 5.66. The highest BCUT2D eigenvalue weighted by Gasteiger charge is 1.98. The maximum atomic E-state index is 5.49. The van der Waals surface area contributed by atoms with Crippen LogP contribution in [0.2, 0.25) is 0 Å². The zero-order chi connectivity index (χ0) is 9.40. The molecule has 74 valence electrons. The van der Waals surface area contributed by atoms with Crippen molar-refractivity contribution < 1.29 is 4.74 Å². The minimum Gasteiger partial charge on any atom is -0.378 e. The molecule has 0 radical (unpaired) electrons. The molecule has 0 amide bonds. The number of rotatable bonds is 7. The Labute approximate surface area is 80.2 Å². The first-order valence-corrected chi connectivity index (χ1v) is 5.71. The summed E-state index contributed by atoms with van der Waals surface area (Å²) < 4.78 is 5.41. The largest absolute Gasteiger partial charge is 0.378 e. The Bertz CT molecular complexity index is 98.5. The van der Waals surface area contributed by atoms with Gasteiger partial charge in [-0.05, 0) is 32.1 Å². The minimum absolute atomic E-state index is 0.359. The number of hydrogen-bond donors (Lipinski definition) is 1. The average molecular weight is 191 g/mol. The lowest BCUT2D eigenvalue weighted by Crippen LogP contribution is -2.14. The third kappa shape index (κ3) is 8.37. The zero-order valence-electron chi connectivity index (χ0n) is 8.38. The van der Waals surface area contributed by atoms with Gasteiger partial charge >= 0.3 is 0 Å². The van der Waals surface area contributed by atoms with Crippen LogP contribution in [0.1, 0.15) is 20.8 Å². The van der Waals surface area contributed by atoms with Gasteiger partial charge in [0.05, 0.1) is 12.7 Å². The summed E-state index contributed by atoms with van der Waals surface area (Å²) in [7, 11) is 0. The van der Waals surface area contributed by atoms with Crippen molar-refractivity contribution >= 4 is 11.8 Å². The Kier molecular flexibility index (Phi) is 8.07. The van der Waals surface area contributed by atoms with E-state index in [2.05, 4.69) is 20.8 Å². The molecule has 0 fully saturated rings. The van der Waals surface area contributed by atoms with Gasteiger partial charge in [-0.2, -0.15) is 11.8 Å². The molecule has 2 nitrogen and oxygen atoms in total. The van der Waals surface area contributed by atoms with Gasteiger partial charge in [0.15, 0.2) is 0 Å². The van der Waals surface area contributed by atoms with Gasteiger partial charge in [0, 0.05) is 5.75 Å². The molecular weight excluding hydrogens is 170 g/mol. The molecule has 0 heterocycles. The van der Waals surface area contributed by atoms with Gasteiger partial charge in [-0.15, -0.1) is 0 Å². The summed E-state index contributed by atoms with van der Waals surface area (Å²) in [5, 5.41) is 0. The van der Waals surface area contributed by atoms with Crippen molar-refractivity contribution in [2.24, 2.45) is 11.7 Å². The van der Waals surface area contributed by atoms with E-state index in [-0.39, 0.29) is 0 Å². The molecule has 0 aromatic heterocycles. The summed E-state index contributed by atoms with van der Waals surface area (Å²) in [6.45, 7) is 7.95. The van der Waals surface area contributed by atoms with Crippen molar-refractivity contribution in [3.8, 4) is 0 Å². The van der Waals surface area contributed by atoms with Crippen LogP contribution in [-0.4, -0.2) is 30.8 Å². The maximum Gasteiger partial charge on any atom is 0.0560 e. The second-order valence-corrected chi connectivity index (χ2v) is 4.49. The van der Waals surface area contributed by atoms with E-state index < -0.39 is 0 Å². The van der Waals surface area contributed by atoms with E-state index in [0.29, 0.717) is 12.0 Å². The van der Waals surface area contributed by atoms with Crippen LogP contribution in [0, 0.1) is 5.92 Å². The van der Waals surface area contributed by atoms with Crippen molar-refractivity contribution in [2.45, 2.75) is 26.9 Å². The molecule has 0 aromatic carbocycles. The summed E-state index contributed by atoms with van der Waals surface area (Å²) in [6.07, 6.45) is 0.359. The Morgan fingerprint density at radius 1 is 1.33 bits per heavy atom. The van der Waals surface area contributed by atoms with E-state index in [1.54, 1.807) is 0 Å². The second-order valence-electron chi connectivity index (χ2n) is 3.34. The van der Waals surface area contributed by atoms with Crippen molar-refractivity contribution in [2.75, 3.05) is 24.7 Å². The Hall–Kier alpha value is 0.270. The lowest BCUT2D eigenvalue weighted by Gasteiger charge is -2.09. The monoisotopic (exact) mass is 191 g/mol. The predicted octanol–water partition coefficient (Wildman–Crippen LogP) is 1.74. The summed E-state index contributed by atoms with van der Waals surface area (Å²) in [6, 6.07) is 0. The van der Waals surface area contributed by atoms with Crippen LogP contribution in [0.4, 0.5) is 0 Å². The molecule has 1 unspecified atom stereocenters. The number of hydrogen-bond acceptors (Lipinski definition) is 3. The Morgan fingerprint density at radius 2 is 2.00 bits per heavy atom. The topological polar surface area (TPSA) is 35.2 Å². The predicted molar refractivity (Wildman–Crippen MR) is 56.6 cm³/mol. The van der Waals surface area contributed by atoms with Crippen molar-refractivity contribution in [3.05, 3.63) is 0 Å². The molecule has 1 atom stereocenters. The van der Waals surface area contributed by atoms with Crippen LogP contribution in [-0.2, 0) is 4.74 Å². The molecule has 0 aromatic rings. The lowest BCUT2D eigenvalue weighted by molar-refractivity contribution is 0.0920. The molecule has 0 aliphatic rings. The first kappa shape index (κ1) is 12.3. The van der Waals surface area contributed by atoms with Gasteiger partial charge in [0.25, 0.3) is 0 Å². The van der Waals surface area contributed by atoms with E-state index in [4.69, 9.17) is 10.5 Å². The lowest BCUT2D eigenvalue weighted by atomic mass is 10.2. The first-order valence-electron chi connectivity index (χ1n) is 4.56. The van der Waals surface area contributed by atoms with Crippen LogP contribution < -0.4 is 5.73 Å². The number of nitrogens with two attached hydrogens (primary N) is 1. The molecule has 2 N–H and O–H groups in total. The van der Waals surface area contributed by atoms with Crippen molar-refractivity contribution in [3.63, 3.8) is 0 Å². The van der Waals surface area contributed by atoms with E-state index in [1.807, 2.05) is 11.8 Å². The number of ether oxygens (including phenoxy) is 1. The Balaban J connectivity index is 3.00. The minimum atomic E-state index is 0.359. The van der Waals surface area contributed by atoms with Crippen LogP contribution in [0.25, 0.3) is 0 Å². The molecule has 3 heteroatoms. The third-order valence-corrected chi connectivity index (χ3v) is 2.74. The standard InChI is InChI=1S/C9H21NOS/c1-8(2)11-4-5-12-7-9(3)6-10/h8-9H,4-7,10H2,1-3H3. The molecule has 0 spiro atoms. The highest BCUT2D eigenvalue weighted by Crippen LogP contribution is 2.06. The van der Waals surface area contributed by atoms with E-state index in [9.17, 15) is 0 Å². The summed E-state index contributed by atoms with van der Waals surface area (Å²) in [5.41, 5.74) is 5.49. The van der Waals surface area contributed by atoms with Gasteiger partial charge in [-0.1, -0.05) is 6.92 Å². The van der Waals surface area contributed by atoms with Crippen molar-refractivity contribution in [1.29, 1.82) is 0 Å². The zero-order valence-corrected chi connectivity index (χ0v) is 9.19. The molecule has 0 bridgehead atoms. The van der Waals surface area contributed by atoms with Gasteiger partial charge in [-0.3, -0.25) is 0 Å². The van der Waals surface area contributed by atoms with Crippen LogP contribution in [0.5, 0.6) is 0 Å². The van der Waals surface area contributed by atoms with E-state index in [1.165, 1.54) is 0 Å². The fourth-order valence-corrected chi connectivity index (χ4v) is 1.61. The van der Waals surface area contributed by atoms with Gasteiger partial charge < -0.3 is 10.5 Å². The van der Waals surface area contributed by atoms with Gasteiger partial charge in [0.2, 0.25) is 0 Å². The molecule has 12 heavy (non-hydrogen) atoms. The average Bonchev–Trinajstić information content (AvgIpc) is 2.03. The summed E-state index contributed by atoms with van der Waals surface area (Å²) in [4.78, 5) is 0. The fraction of sp³-hybridized carbons (Fsp3) is 1.00. The summed E-state index contributed by atoms with van der Waals surface area (Å²) >= 11 is 1.92. The molecule has 0 rings (SSSR count). The van der Waals surface area contributed by atoms with Gasteiger partial charge in [0.1, 0.15) is 0 Å². The molecule has 0 saturated heterocycles. The van der Waals surface area contributed by atoms with E-state index in [0.717, 1.165) is 24.7 Å². The molecule has 0 saturated carbocycles. The highest BCUT2D eigenvalue weighted by atomic mass is 32.2. The maximum absolute atomic E-state index is 5.49. The second kappa shape index (κ2) is 7.90. The smallest absolute Gasteiger partial charge is 0.0560 e. The van der Waals surface area contributed by atoms with Crippen LogP contribution in [0.3, 0.4) is 0 Å². The summed E-state index contributed by atoms with van der Waals surface area (Å²) in [5.74, 6) is 2.87. The van der Waals surface area contributed by atoms with Crippen LogP contribution >= 0.6 is 11.8 Å². The quantitative estimate of drug-likeness (QED) is 0.623. The highest BCUT2D eigenvalue weighted by molar-refractivity contribution is 7.99. The Morgan fingerprint density at radius 3 is 2.50 bits per heavy atom. The molecule has 0 aliphatic heterocycles. The fourth-order valence-electron chi connectivity index (χ4n) is 0.695. The van der Waals surface area contributed by atoms with Gasteiger partial charge in [-0.25, -0.2) is 0 Å². The van der Waals surface area contributed by atoms with Crippen LogP contribution in [0.15, 0.2) is 0 Å². The molecule has 0 aliphatic carbocycles. The van der Waals surface area contributed by atoms with Crippen molar-refractivity contribution in [1.82, 2.24) is 0 Å². The molecular formula is C9H21NOS. The normalized spacial score (nSPS) is 13.8. The number of thioether (sulfide) groups is 1. The third-order valence-electron chi connectivity index (χ3n) is 1.48.